The number of sulfonamides is 1. The largest absolute Gasteiger partial charge is 0.368 e. The van der Waals surface area contributed by atoms with E-state index in [0.29, 0.717) is 29.3 Å². The van der Waals surface area contributed by atoms with Gasteiger partial charge in [-0.15, -0.1) is 0 Å². The van der Waals surface area contributed by atoms with E-state index in [-0.39, 0.29) is 10.8 Å². The molecule has 0 saturated heterocycles. The molecule has 1 fully saturated rings. The first-order valence-corrected chi connectivity index (χ1v) is 10.3. The molecule has 8 nitrogen and oxygen atoms in total. The van der Waals surface area contributed by atoms with Gasteiger partial charge in [0.05, 0.1) is 16.6 Å². The summed E-state index contributed by atoms with van der Waals surface area (Å²) in [5, 5.41) is 0. The molecule has 1 saturated carbocycles. The molecule has 3 rings (SSSR count). The fourth-order valence-electron chi connectivity index (χ4n) is 3.02. The Kier molecular flexibility index (Phi) is 5.43. The van der Waals surface area contributed by atoms with Gasteiger partial charge in [-0.1, -0.05) is 31.4 Å². The molecule has 0 radical (unpaired) electrons. The maximum atomic E-state index is 12.6. The minimum Gasteiger partial charge on any atom is -0.368 e. The molecule has 1 aromatic carbocycles. The zero-order valence-electron chi connectivity index (χ0n) is 15.1. The molecular formula is C18H23N5O3S. The molecule has 1 aliphatic rings. The van der Waals surface area contributed by atoms with Gasteiger partial charge in [0.25, 0.3) is 15.9 Å². The number of amides is 1. The number of hydrogen-bond acceptors (Lipinski definition) is 7. The first-order valence-electron chi connectivity index (χ1n) is 8.78. The van der Waals surface area contributed by atoms with Gasteiger partial charge in [0.15, 0.2) is 0 Å². The van der Waals surface area contributed by atoms with Gasteiger partial charge in [-0.3, -0.25) is 4.79 Å². The number of aryl methyl sites for hydroxylation is 1. The second-order valence-electron chi connectivity index (χ2n) is 6.89. The van der Waals surface area contributed by atoms with Crippen LogP contribution in [0.15, 0.2) is 35.2 Å². The van der Waals surface area contributed by atoms with Gasteiger partial charge in [-0.2, -0.15) is 0 Å². The fourth-order valence-corrected chi connectivity index (χ4v) is 4.10. The smallest absolute Gasteiger partial charge is 0.264 e. The van der Waals surface area contributed by atoms with E-state index in [0.717, 1.165) is 19.3 Å². The molecule has 2 aromatic rings. The zero-order valence-corrected chi connectivity index (χ0v) is 15.9. The van der Waals surface area contributed by atoms with Crippen LogP contribution in [0.4, 0.5) is 5.95 Å². The van der Waals surface area contributed by atoms with Crippen LogP contribution in [-0.4, -0.2) is 30.3 Å². The lowest BCUT2D eigenvalue weighted by Gasteiger charge is -2.27. The van der Waals surface area contributed by atoms with Crippen molar-refractivity contribution in [3.63, 3.8) is 0 Å². The molecule has 5 N–H and O–H groups in total. The van der Waals surface area contributed by atoms with E-state index in [4.69, 9.17) is 11.5 Å². The minimum atomic E-state index is -4.03. The summed E-state index contributed by atoms with van der Waals surface area (Å²) in [4.78, 5) is 20.3. The van der Waals surface area contributed by atoms with Crippen molar-refractivity contribution in [2.24, 2.45) is 11.7 Å². The number of nitrogen functional groups attached to an aromatic ring is 1. The van der Waals surface area contributed by atoms with E-state index >= 15 is 0 Å². The Morgan fingerprint density at radius 2 is 2.04 bits per heavy atom. The van der Waals surface area contributed by atoms with Crippen molar-refractivity contribution in [2.75, 3.05) is 5.73 Å². The number of nitrogens with two attached hydrogens (primary N) is 2. The lowest BCUT2D eigenvalue weighted by molar-refractivity contribution is -0.121. The van der Waals surface area contributed by atoms with Crippen LogP contribution in [0.25, 0.3) is 11.3 Å². The lowest BCUT2D eigenvalue weighted by Crippen LogP contribution is -2.44. The molecule has 1 atom stereocenters. The highest BCUT2D eigenvalue weighted by Gasteiger charge is 2.27. The number of hydrogen-bond donors (Lipinski definition) is 3. The Labute approximate surface area is 158 Å². The molecule has 27 heavy (non-hydrogen) atoms. The van der Waals surface area contributed by atoms with Crippen LogP contribution in [0, 0.1) is 12.8 Å². The number of benzene rings is 1. The summed E-state index contributed by atoms with van der Waals surface area (Å²) in [6.45, 7) is 1.77. The van der Waals surface area contributed by atoms with Crippen molar-refractivity contribution in [3.8, 4) is 11.3 Å². The Hall–Kier alpha value is -2.52. The predicted molar refractivity (Wildman–Crippen MR) is 102 cm³/mol. The highest BCUT2D eigenvalue weighted by atomic mass is 32.2. The molecule has 1 amide bonds. The van der Waals surface area contributed by atoms with Gasteiger partial charge < -0.3 is 11.5 Å². The van der Waals surface area contributed by atoms with Crippen LogP contribution < -0.4 is 16.2 Å². The molecule has 0 spiro atoms. The van der Waals surface area contributed by atoms with E-state index in [1.165, 1.54) is 12.1 Å². The average Bonchev–Trinajstić information content (AvgIpc) is 2.56. The summed E-state index contributed by atoms with van der Waals surface area (Å²) in [7, 11) is -4.03. The van der Waals surface area contributed by atoms with Crippen molar-refractivity contribution in [2.45, 2.75) is 43.5 Å². The SMILES string of the molecule is Cc1cc(-c2cccc(S(=O)(=O)NC(=O)[C@@H](N)CC3CCC3)c2)nc(N)n1. The number of anilines is 1. The molecule has 0 bridgehead atoms. The van der Waals surface area contributed by atoms with Crippen molar-refractivity contribution in [1.29, 1.82) is 0 Å². The Morgan fingerprint density at radius 3 is 2.67 bits per heavy atom. The summed E-state index contributed by atoms with van der Waals surface area (Å²) in [6.07, 6.45) is 3.71. The van der Waals surface area contributed by atoms with E-state index in [1.807, 2.05) is 0 Å². The number of carbonyl (C=O) groups is 1. The van der Waals surface area contributed by atoms with E-state index in [9.17, 15) is 13.2 Å². The quantitative estimate of drug-likeness (QED) is 0.677. The van der Waals surface area contributed by atoms with Crippen LogP contribution in [0.3, 0.4) is 0 Å². The summed E-state index contributed by atoms with van der Waals surface area (Å²) >= 11 is 0. The van der Waals surface area contributed by atoms with Gasteiger partial charge in [-0.05, 0) is 37.5 Å². The van der Waals surface area contributed by atoms with Crippen LogP contribution in [0.5, 0.6) is 0 Å². The van der Waals surface area contributed by atoms with Gasteiger partial charge >= 0.3 is 0 Å². The molecule has 0 unspecified atom stereocenters. The van der Waals surface area contributed by atoms with Crippen LogP contribution in [0.2, 0.25) is 0 Å². The summed E-state index contributed by atoms with van der Waals surface area (Å²) in [6, 6.07) is 7.01. The molecule has 1 aliphatic carbocycles. The van der Waals surface area contributed by atoms with Gasteiger partial charge in [-0.25, -0.2) is 23.1 Å². The lowest BCUT2D eigenvalue weighted by atomic mass is 9.81. The maximum absolute atomic E-state index is 12.6. The summed E-state index contributed by atoms with van der Waals surface area (Å²) in [5.41, 5.74) is 13.3. The molecular weight excluding hydrogens is 366 g/mol. The van der Waals surface area contributed by atoms with Crippen molar-refractivity contribution in [1.82, 2.24) is 14.7 Å². The van der Waals surface area contributed by atoms with Gasteiger partial charge in [0, 0.05) is 11.3 Å². The molecule has 144 valence electrons. The summed E-state index contributed by atoms with van der Waals surface area (Å²) in [5.74, 6) is -0.175. The Bertz CT molecular complexity index is 937. The number of nitrogens with one attached hydrogen (secondary N) is 1. The van der Waals surface area contributed by atoms with Crippen molar-refractivity contribution < 1.29 is 13.2 Å². The second-order valence-corrected chi connectivity index (χ2v) is 8.57. The third kappa shape index (κ3) is 4.61. The topological polar surface area (TPSA) is 141 Å². The normalized spacial score (nSPS) is 15.8. The average molecular weight is 389 g/mol. The predicted octanol–water partition coefficient (Wildman–Crippen LogP) is 1.36. The fraction of sp³-hybridized carbons (Fsp3) is 0.389. The third-order valence-electron chi connectivity index (χ3n) is 4.70. The zero-order chi connectivity index (χ0) is 19.6. The first kappa shape index (κ1) is 19.2. The van der Waals surface area contributed by atoms with Gasteiger partial charge in [0.2, 0.25) is 5.95 Å². The highest BCUT2D eigenvalue weighted by molar-refractivity contribution is 7.90. The Morgan fingerprint density at radius 1 is 1.30 bits per heavy atom. The third-order valence-corrected chi connectivity index (χ3v) is 6.04. The second kappa shape index (κ2) is 7.61. The van der Waals surface area contributed by atoms with Crippen LogP contribution in [0.1, 0.15) is 31.4 Å². The Balaban J connectivity index is 1.79. The first-order chi connectivity index (χ1) is 12.7. The number of aromatic nitrogens is 2. The van der Waals surface area contributed by atoms with Crippen LogP contribution in [-0.2, 0) is 14.8 Å². The standard InChI is InChI=1S/C18H23N5O3S/c1-11-8-16(22-18(20)21-11)13-6-3-7-14(10-13)27(25,26)23-17(24)15(19)9-12-4-2-5-12/h3,6-8,10,12,15H,2,4-5,9,19H2,1H3,(H,23,24)(H2,20,21,22)/t15-/m0/s1. The monoisotopic (exact) mass is 389 g/mol. The van der Waals surface area contributed by atoms with Crippen molar-refractivity contribution in [3.05, 3.63) is 36.0 Å². The van der Waals surface area contributed by atoms with E-state index < -0.39 is 22.0 Å². The van der Waals surface area contributed by atoms with E-state index in [1.54, 1.807) is 25.1 Å². The number of nitrogens with zero attached hydrogens (tertiary/aromatic N) is 2. The van der Waals surface area contributed by atoms with Crippen LogP contribution >= 0.6 is 0 Å². The molecule has 1 aromatic heterocycles. The van der Waals surface area contributed by atoms with E-state index in [2.05, 4.69) is 14.7 Å². The van der Waals surface area contributed by atoms with Crippen molar-refractivity contribution >= 4 is 21.9 Å². The summed E-state index contributed by atoms with van der Waals surface area (Å²) < 4.78 is 27.3. The number of carbonyl (C=O) groups excluding carboxylic acids is 1. The highest BCUT2D eigenvalue weighted by Crippen LogP contribution is 2.30. The molecule has 0 aliphatic heterocycles. The molecule has 1 heterocycles. The maximum Gasteiger partial charge on any atom is 0.264 e. The van der Waals surface area contributed by atoms with Gasteiger partial charge in [0.1, 0.15) is 0 Å². The number of rotatable bonds is 6. The minimum absolute atomic E-state index is 0.0426. The molecule has 9 heteroatoms.